The number of aliphatic carboxylic acids is 1. The van der Waals surface area contributed by atoms with Crippen molar-refractivity contribution in [1.82, 2.24) is 15.6 Å². The fraction of sp³-hybridized carbons (Fsp3) is 0.625. The Bertz CT molecular complexity index is 834. The van der Waals surface area contributed by atoms with Gasteiger partial charge in [0.2, 0.25) is 0 Å². The van der Waals surface area contributed by atoms with Crippen molar-refractivity contribution in [1.29, 1.82) is 0 Å². The minimum atomic E-state index is -4.86. The summed E-state index contributed by atoms with van der Waals surface area (Å²) >= 11 is 1.70. The smallest absolute Gasteiger partial charge is 0.470 e. The van der Waals surface area contributed by atoms with E-state index in [2.05, 4.69) is 16.4 Å². The van der Waals surface area contributed by atoms with E-state index in [0.717, 1.165) is 5.75 Å². The van der Waals surface area contributed by atoms with E-state index in [1.165, 1.54) is 0 Å². The van der Waals surface area contributed by atoms with Crippen molar-refractivity contribution < 1.29 is 52.3 Å². The number of hydrazone groups is 1. The Balaban J connectivity index is 0.000000451. The Morgan fingerprint density at radius 2 is 1.75 bits per heavy atom. The quantitative estimate of drug-likeness (QED) is 0.0823. The van der Waals surface area contributed by atoms with E-state index in [1.54, 1.807) is 11.8 Å². The fourth-order valence-electron chi connectivity index (χ4n) is 3.30. The summed E-state index contributed by atoms with van der Waals surface area (Å²) in [4.78, 5) is 55.3. The fourth-order valence-corrected chi connectivity index (χ4v) is 4.85. The van der Waals surface area contributed by atoms with Gasteiger partial charge in [0, 0.05) is 30.3 Å². The van der Waals surface area contributed by atoms with Crippen LogP contribution in [-0.4, -0.2) is 84.9 Å². The van der Waals surface area contributed by atoms with Gasteiger partial charge < -0.3 is 21.5 Å². The Hall–Kier alpha value is -3.04. The number of thioether (sulfide) groups is 1. The zero-order valence-corrected chi connectivity index (χ0v) is 17.2. The molecule has 32 heavy (non-hydrogen) atoms. The van der Waals surface area contributed by atoms with E-state index >= 15 is 0 Å². The molecule has 178 valence electrons. The van der Waals surface area contributed by atoms with Crippen molar-refractivity contribution in [2.75, 3.05) is 5.75 Å². The molecule has 3 aliphatic rings. The first kappa shape index (κ1) is 25.2. The molecule has 3 fully saturated rings. The lowest BCUT2D eigenvalue weighted by molar-refractivity contribution is -0.860. The molecule has 3 rings (SSSR count). The zero-order valence-electron chi connectivity index (χ0n) is 16.4. The van der Waals surface area contributed by atoms with Gasteiger partial charge in [0.25, 0.3) is 11.8 Å². The van der Waals surface area contributed by atoms with Crippen LogP contribution in [0.1, 0.15) is 32.1 Å². The lowest BCUT2D eigenvalue weighted by atomic mass is 10.0. The highest BCUT2D eigenvalue weighted by molar-refractivity contribution is 8.00. The molecular weight excluding hydrogens is 463 g/mol. The predicted octanol–water partition coefficient (Wildman–Crippen LogP) is -0.653. The molecule has 3 aliphatic heterocycles. The van der Waals surface area contributed by atoms with E-state index in [1.807, 2.05) is 0 Å². The van der Waals surface area contributed by atoms with Crippen LogP contribution in [0.3, 0.4) is 0 Å². The SMILES string of the molecule is NC(=O)C(F)(F)F.O=C1N[C@H]2[C@H](CS[C@H]2CCCC(C(=O)O)=[N+](O)N2C(=O)CCC2=O)N1. The van der Waals surface area contributed by atoms with Gasteiger partial charge in [-0.2, -0.15) is 24.9 Å². The molecule has 5 amide bonds. The third kappa shape index (κ3) is 6.02. The van der Waals surface area contributed by atoms with Gasteiger partial charge in [-0.3, -0.25) is 19.6 Å². The van der Waals surface area contributed by atoms with Gasteiger partial charge in [-0.05, 0) is 17.9 Å². The number of imide groups is 1. The second kappa shape index (κ2) is 10.1. The highest BCUT2D eigenvalue weighted by atomic mass is 32.2. The summed E-state index contributed by atoms with van der Waals surface area (Å²) in [7, 11) is 0. The molecule has 3 atom stereocenters. The molecule has 3 heterocycles. The van der Waals surface area contributed by atoms with Crippen LogP contribution in [0.25, 0.3) is 0 Å². The van der Waals surface area contributed by atoms with Gasteiger partial charge in [-0.15, -0.1) is 0 Å². The maximum absolute atomic E-state index is 11.6. The highest BCUT2D eigenvalue weighted by Crippen LogP contribution is 2.33. The second-order valence-electron chi connectivity index (χ2n) is 7.02. The van der Waals surface area contributed by atoms with Crippen molar-refractivity contribution in [3.63, 3.8) is 0 Å². The van der Waals surface area contributed by atoms with Gasteiger partial charge in [0.15, 0.2) is 0 Å². The van der Waals surface area contributed by atoms with Crippen molar-refractivity contribution in [3.05, 3.63) is 0 Å². The summed E-state index contributed by atoms with van der Waals surface area (Å²) < 4.78 is 32.1. The van der Waals surface area contributed by atoms with E-state index in [-0.39, 0.29) is 47.5 Å². The Morgan fingerprint density at radius 3 is 2.25 bits per heavy atom. The molecule has 0 bridgehead atoms. The third-order valence-corrected chi connectivity index (χ3v) is 6.33. The van der Waals surface area contributed by atoms with E-state index in [0.29, 0.717) is 17.9 Å². The number of carboxylic acid groups (broad SMARTS) is 1. The number of hydrogen-bond acceptors (Lipinski definition) is 7. The minimum Gasteiger partial charge on any atom is -0.473 e. The number of hydrazine groups is 1. The van der Waals surface area contributed by atoms with Crippen molar-refractivity contribution in [2.24, 2.45) is 5.73 Å². The first-order chi connectivity index (χ1) is 14.8. The van der Waals surface area contributed by atoms with Gasteiger partial charge in [-0.1, -0.05) is 0 Å². The molecule has 0 unspecified atom stereocenters. The van der Waals surface area contributed by atoms with E-state index < -0.39 is 35.6 Å². The number of nitrogens with one attached hydrogen (secondary N) is 2. The highest BCUT2D eigenvalue weighted by Gasteiger charge is 2.44. The lowest BCUT2D eigenvalue weighted by Crippen LogP contribution is -2.43. The Morgan fingerprint density at radius 1 is 1.19 bits per heavy atom. The number of hydrogen-bond donors (Lipinski definition) is 5. The van der Waals surface area contributed by atoms with Crippen LogP contribution < -0.4 is 16.4 Å². The number of carbonyl (C=O) groups excluding carboxylic acids is 4. The number of carboxylic acids is 1. The standard InChI is InChI=1S/C14H18N4O6S.C2H2F3NO/c19-10-4-5-11(20)17(10)18(24)8(13(21)22)2-1-3-9-12-7(6-25-9)15-14(23)16-12;3-2(4,5)1(6)7/h7,9,12H,1-6H2,(H3-,15,16,21,22,23,24);(H2,6,7)/p+1/t7-,9-,12-;/m0./s1. The van der Waals surface area contributed by atoms with Crippen molar-refractivity contribution in [2.45, 2.75) is 55.6 Å². The molecule has 16 heteroatoms. The van der Waals surface area contributed by atoms with Crippen molar-refractivity contribution >= 4 is 47.2 Å². The minimum absolute atomic E-state index is 0.00127. The normalized spacial score (nSPS) is 25.4. The number of nitrogens with zero attached hydrogens (tertiary/aromatic N) is 2. The van der Waals surface area contributed by atoms with Crippen LogP contribution in [0.4, 0.5) is 18.0 Å². The lowest BCUT2D eigenvalue weighted by Gasteiger charge is -2.16. The molecule has 0 spiro atoms. The summed E-state index contributed by atoms with van der Waals surface area (Å²) in [5.74, 6) is -4.09. The second-order valence-corrected chi connectivity index (χ2v) is 8.29. The number of rotatable bonds is 6. The maximum atomic E-state index is 11.6. The number of halogens is 3. The first-order valence-electron chi connectivity index (χ1n) is 9.32. The first-order valence-corrected chi connectivity index (χ1v) is 10.4. The van der Waals surface area contributed by atoms with Crippen LogP contribution in [0.5, 0.6) is 0 Å². The summed E-state index contributed by atoms with van der Waals surface area (Å²) in [6, 6.07) is -0.0944. The Labute approximate surface area is 182 Å². The van der Waals surface area contributed by atoms with Crippen LogP contribution in [0.2, 0.25) is 0 Å². The molecule has 0 saturated carbocycles. The summed E-state index contributed by atoms with van der Waals surface area (Å²) in [5.41, 5.74) is 3.39. The molecule has 0 aromatic heterocycles. The number of nitrogens with two attached hydrogens (primary N) is 1. The van der Waals surface area contributed by atoms with Crippen LogP contribution in [0.15, 0.2) is 0 Å². The number of primary amides is 1. The third-order valence-electron chi connectivity index (χ3n) is 4.82. The molecule has 0 aromatic carbocycles. The van der Waals surface area contributed by atoms with Gasteiger partial charge in [-0.25, -0.2) is 9.59 Å². The molecule has 0 radical (unpaired) electrons. The maximum Gasteiger partial charge on any atom is 0.470 e. The number of urea groups is 1. The summed E-state index contributed by atoms with van der Waals surface area (Å²) in [6.45, 7) is 0. The number of fused-ring (bicyclic) bond motifs is 1. The number of carbonyl (C=O) groups is 5. The summed E-state index contributed by atoms with van der Waals surface area (Å²) in [6.07, 6.45) is -3.88. The predicted molar refractivity (Wildman–Crippen MR) is 100 cm³/mol. The largest absolute Gasteiger partial charge is 0.473 e. The van der Waals surface area contributed by atoms with Gasteiger partial charge in [0.05, 0.1) is 12.1 Å². The van der Waals surface area contributed by atoms with Crippen LogP contribution >= 0.6 is 11.8 Å². The molecular formula is C16H21F3N5O7S+. The molecule has 0 aliphatic carbocycles. The monoisotopic (exact) mass is 484 g/mol. The van der Waals surface area contributed by atoms with Gasteiger partial charge >= 0.3 is 29.8 Å². The summed E-state index contributed by atoms with van der Waals surface area (Å²) in [5, 5.41) is 25.6. The Kier molecular flexibility index (Phi) is 7.92. The van der Waals surface area contributed by atoms with E-state index in [9.17, 15) is 42.7 Å². The van der Waals surface area contributed by atoms with Crippen LogP contribution in [0, 0.1) is 0 Å². The number of amides is 5. The molecule has 12 nitrogen and oxygen atoms in total. The number of alkyl halides is 3. The molecule has 3 saturated heterocycles. The zero-order chi connectivity index (χ0) is 24.2. The average Bonchev–Trinajstić information content (AvgIpc) is 3.32. The average molecular weight is 484 g/mol. The van der Waals surface area contributed by atoms with Crippen LogP contribution in [-0.2, 0) is 19.2 Å². The molecule has 6 N–H and O–H groups in total. The topological polar surface area (TPSA) is 182 Å². The van der Waals surface area contributed by atoms with Crippen molar-refractivity contribution in [3.8, 4) is 0 Å². The molecule has 0 aromatic rings. The van der Waals surface area contributed by atoms with Gasteiger partial charge in [0.1, 0.15) is 4.85 Å². The van der Waals surface area contributed by atoms with E-state index in [4.69, 9.17) is 4.79 Å².